The van der Waals surface area contributed by atoms with Crippen molar-refractivity contribution in [2.75, 3.05) is 19.8 Å². The number of likely N-dealkylation sites (tertiary alicyclic amines) is 1. The summed E-state index contributed by atoms with van der Waals surface area (Å²) in [6.45, 7) is 7.64. The summed E-state index contributed by atoms with van der Waals surface area (Å²) in [5.41, 5.74) is 0. The highest BCUT2D eigenvalue weighted by atomic mass is 16.5. The molecule has 0 aromatic heterocycles. The molecule has 0 spiro atoms. The Morgan fingerprint density at radius 1 is 1.47 bits per heavy atom. The molecule has 1 rings (SSSR count). The van der Waals surface area contributed by atoms with E-state index in [0.29, 0.717) is 19.8 Å². The molecule has 0 aromatic carbocycles. The van der Waals surface area contributed by atoms with Crippen LogP contribution in [0.5, 0.6) is 0 Å². The molecule has 1 saturated heterocycles. The van der Waals surface area contributed by atoms with E-state index in [-0.39, 0.29) is 30.3 Å². The van der Waals surface area contributed by atoms with E-state index in [9.17, 15) is 9.59 Å². The van der Waals surface area contributed by atoms with Gasteiger partial charge in [0.05, 0.1) is 19.1 Å². The van der Waals surface area contributed by atoms with Gasteiger partial charge in [-0.1, -0.05) is 6.92 Å². The van der Waals surface area contributed by atoms with Crippen LogP contribution >= 0.6 is 0 Å². The number of nitrogens with zero attached hydrogens (tertiary/aromatic N) is 1. The molecule has 0 radical (unpaired) electrons. The monoisotopic (exact) mass is 242 g/mol. The van der Waals surface area contributed by atoms with Crippen molar-refractivity contribution in [1.29, 1.82) is 0 Å². The van der Waals surface area contributed by atoms with E-state index >= 15 is 0 Å². The topological polar surface area (TPSA) is 58.6 Å². The average molecular weight is 242 g/mol. The van der Waals surface area contributed by atoms with Gasteiger partial charge in [-0.2, -0.15) is 0 Å². The minimum Gasteiger partial charge on any atom is -0.380 e. The van der Waals surface area contributed by atoms with Crippen molar-refractivity contribution < 1.29 is 14.3 Å². The largest absolute Gasteiger partial charge is 0.380 e. The predicted molar refractivity (Wildman–Crippen MR) is 64.5 cm³/mol. The van der Waals surface area contributed by atoms with E-state index in [0.717, 1.165) is 6.42 Å². The maximum Gasteiger partial charge on any atom is 0.247 e. The predicted octanol–water partition coefficient (Wildman–Crippen LogP) is 0.538. The van der Waals surface area contributed by atoms with Crippen molar-refractivity contribution in [3.05, 3.63) is 0 Å². The number of carbonyl (C=O) groups excluding carboxylic acids is 2. The molecule has 2 atom stereocenters. The third-order valence-corrected chi connectivity index (χ3v) is 3.06. The molecular formula is C12H22N2O3. The van der Waals surface area contributed by atoms with Crippen LogP contribution < -0.4 is 5.32 Å². The molecule has 0 aromatic rings. The van der Waals surface area contributed by atoms with Crippen molar-refractivity contribution in [1.82, 2.24) is 10.2 Å². The lowest BCUT2D eigenvalue weighted by Gasteiger charge is -2.21. The van der Waals surface area contributed by atoms with Gasteiger partial charge < -0.3 is 10.1 Å². The van der Waals surface area contributed by atoms with Gasteiger partial charge >= 0.3 is 0 Å². The van der Waals surface area contributed by atoms with E-state index in [1.165, 1.54) is 4.90 Å². The summed E-state index contributed by atoms with van der Waals surface area (Å²) in [6, 6.07) is -0.370. The fourth-order valence-corrected chi connectivity index (χ4v) is 1.91. The molecule has 17 heavy (non-hydrogen) atoms. The van der Waals surface area contributed by atoms with E-state index < -0.39 is 0 Å². The standard InChI is InChI=1S/C12H22N2O3/c1-4-9(3)14-11(15)8-10(12(14)16)13-6-7-17-5-2/h9-10,13H,4-8H2,1-3H3. The Hall–Kier alpha value is -0.940. The third-order valence-electron chi connectivity index (χ3n) is 3.06. The van der Waals surface area contributed by atoms with E-state index in [1.807, 2.05) is 20.8 Å². The second-order valence-electron chi connectivity index (χ2n) is 4.27. The van der Waals surface area contributed by atoms with Crippen molar-refractivity contribution in [2.24, 2.45) is 0 Å². The van der Waals surface area contributed by atoms with Crippen LogP contribution in [0.3, 0.4) is 0 Å². The number of nitrogens with one attached hydrogen (secondary N) is 1. The Balaban J connectivity index is 2.44. The molecule has 1 fully saturated rings. The first kappa shape index (κ1) is 14.1. The van der Waals surface area contributed by atoms with E-state index in [2.05, 4.69) is 5.32 Å². The summed E-state index contributed by atoms with van der Waals surface area (Å²) >= 11 is 0. The molecular weight excluding hydrogens is 220 g/mol. The van der Waals surface area contributed by atoms with Crippen LogP contribution in [0, 0.1) is 0 Å². The van der Waals surface area contributed by atoms with Gasteiger partial charge in [0.15, 0.2) is 0 Å². The summed E-state index contributed by atoms with van der Waals surface area (Å²) < 4.78 is 5.18. The molecule has 1 heterocycles. The fourth-order valence-electron chi connectivity index (χ4n) is 1.91. The van der Waals surface area contributed by atoms with Crippen molar-refractivity contribution >= 4 is 11.8 Å². The zero-order chi connectivity index (χ0) is 12.8. The summed E-state index contributed by atoms with van der Waals surface area (Å²) in [5, 5.41) is 3.07. The lowest BCUT2D eigenvalue weighted by Crippen LogP contribution is -2.43. The molecule has 1 aliphatic rings. The van der Waals surface area contributed by atoms with Gasteiger partial charge in [-0.05, 0) is 20.3 Å². The summed E-state index contributed by atoms with van der Waals surface area (Å²) in [6.07, 6.45) is 1.07. The summed E-state index contributed by atoms with van der Waals surface area (Å²) in [4.78, 5) is 25.1. The van der Waals surface area contributed by atoms with Crippen molar-refractivity contribution in [3.8, 4) is 0 Å². The second kappa shape index (κ2) is 6.71. The van der Waals surface area contributed by atoms with Crippen LogP contribution in [0.25, 0.3) is 0 Å². The van der Waals surface area contributed by atoms with Crippen LogP contribution in [-0.2, 0) is 14.3 Å². The Morgan fingerprint density at radius 2 is 2.18 bits per heavy atom. The smallest absolute Gasteiger partial charge is 0.247 e. The van der Waals surface area contributed by atoms with Crippen LogP contribution in [0.1, 0.15) is 33.6 Å². The van der Waals surface area contributed by atoms with Crippen LogP contribution in [0.15, 0.2) is 0 Å². The molecule has 1 aliphatic heterocycles. The zero-order valence-corrected chi connectivity index (χ0v) is 10.9. The van der Waals surface area contributed by atoms with E-state index in [4.69, 9.17) is 4.74 Å². The molecule has 5 heteroatoms. The summed E-state index contributed by atoms with van der Waals surface area (Å²) in [5.74, 6) is -0.167. The zero-order valence-electron chi connectivity index (χ0n) is 10.9. The fraction of sp³-hybridized carbons (Fsp3) is 0.833. The molecule has 0 bridgehead atoms. The molecule has 2 amide bonds. The SMILES string of the molecule is CCOCCNC1CC(=O)N(C(C)CC)C1=O. The first-order valence-electron chi connectivity index (χ1n) is 6.28. The molecule has 0 aliphatic carbocycles. The first-order chi connectivity index (χ1) is 8.11. The second-order valence-corrected chi connectivity index (χ2v) is 4.27. The van der Waals surface area contributed by atoms with Gasteiger partial charge in [-0.25, -0.2) is 0 Å². The highest BCUT2D eigenvalue weighted by Crippen LogP contribution is 2.17. The number of ether oxygens (including phenoxy) is 1. The number of hydrogen-bond donors (Lipinski definition) is 1. The number of hydrogen-bond acceptors (Lipinski definition) is 4. The highest BCUT2D eigenvalue weighted by molar-refractivity contribution is 6.05. The van der Waals surface area contributed by atoms with Gasteiger partial charge in [0, 0.05) is 19.2 Å². The number of rotatable bonds is 7. The quantitative estimate of drug-likeness (QED) is 0.523. The molecule has 2 unspecified atom stereocenters. The van der Waals surface area contributed by atoms with Gasteiger partial charge in [-0.3, -0.25) is 14.5 Å². The normalized spacial score (nSPS) is 22.3. The minimum atomic E-state index is -0.364. The summed E-state index contributed by atoms with van der Waals surface area (Å²) in [7, 11) is 0. The van der Waals surface area contributed by atoms with Crippen LogP contribution in [0.2, 0.25) is 0 Å². The number of imide groups is 1. The number of amides is 2. The van der Waals surface area contributed by atoms with Crippen molar-refractivity contribution in [2.45, 2.75) is 45.7 Å². The Kier molecular flexibility index (Phi) is 5.58. The van der Waals surface area contributed by atoms with Gasteiger partial charge in [0.1, 0.15) is 0 Å². The highest BCUT2D eigenvalue weighted by Gasteiger charge is 2.39. The maximum atomic E-state index is 12.0. The van der Waals surface area contributed by atoms with E-state index in [1.54, 1.807) is 0 Å². The Morgan fingerprint density at radius 3 is 2.76 bits per heavy atom. The minimum absolute atomic E-state index is 0.00584. The average Bonchev–Trinajstić information content (AvgIpc) is 2.59. The first-order valence-corrected chi connectivity index (χ1v) is 6.28. The Labute approximate surface area is 102 Å². The lowest BCUT2D eigenvalue weighted by atomic mass is 10.2. The maximum absolute atomic E-state index is 12.0. The van der Waals surface area contributed by atoms with Gasteiger partial charge in [0.25, 0.3) is 0 Å². The molecule has 5 nitrogen and oxygen atoms in total. The molecule has 98 valence electrons. The Bertz CT molecular complexity index is 281. The molecule has 0 saturated carbocycles. The third kappa shape index (κ3) is 3.51. The van der Waals surface area contributed by atoms with Gasteiger partial charge in [0.2, 0.25) is 11.8 Å². The van der Waals surface area contributed by atoms with Gasteiger partial charge in [-0.15, -0.1) is 0 Å². The molecule has 1 N–H and O–H groups in total. The van der Waals surface area contributed by atoms with Crippen LogP contribution in [-0.4, -0.2) is 48.6 Å². The van der Waals surface area contributed by atoms with Crippen LogP contribution in [0.4, 0.5) is 0 Å². The number of carbonyl (C=O) groups is 2. The lowest BCUT2D eigenvalue weighted by molar-refractivity contribution is -0.141. The van der Waals surface area contributed by atoms with Crippen molar-refractivity contribution in [3.63, 3.8) is 0 Å².